The zero-order valence-electron chi connectivity index (χ0n) is 12.8. The molecular formula is C15H21NO5S. The summed E-state index contributed by atoms with van der Waals surface area (Å²) in [5.74, 6) is 1.09. The van der Waals surface area contributed by atoms with Gasteiger partial charge in [0.25, 0.3) is 0 Å². The van der Waals surface area contributed by atoms with Crippen LogP contribution in [0.1, 0.15) is 20.3 Å². The van der Waals surface area contributed by atoms with E-state index in [-0.39, 0.29) is 17.0 Å². The van der Waals surface area contributed by atoms with Gasteiger partial charge < -0.3 is 14.2 Å². The first-order valence-electron chi connectivity index (χ1n) is 7.51. The molecule has 0 spiro atoms. The highest BCUT2D eigenvalue weighted by atomic mass is 32.2. The molecule has 3 rings (SSSR count). The Morgan fingerprint density at radius 1 is 1.14 bits per heavy atom. The maximum absolute atomic E-state index is 12.9. The molecule has 2 atom stereocenters. The van der Waals surface area contributed by atoms with Crippen molar-refractivity contribution in [3.8, 4) is 11.5 Å². The van der Waals surface area contributed by atoms with Gasteiger partial charge in [0.15, 0.2) is 11.5 Å². The molecule has 1 saturated heterocycles. The zero-order valence-corrected chi connectivity index (χ0v) is 13.6. The molecule has 0 N–H and O–H groups in total. The maximum atomic E-state index is 12.9. The molecule has 1 aromatic carbocycles. The molecule has 0 saturated carbocycles. The minimum atomic E-state index is -3.57. The van der Waals surface area contributed by atoms with Gasteiger partial charge in [-0.2, -0.15) is 4.31 Å². The lowest BCUT2D eigenvalue weighted by molar-refractivity contribution is -0.0170. The average Bonchev–Trinajstić information content (AvgIpc) is 2.74. The summed E-state index contributed by atoms with van der Waals surface area (Å²) in [5, 5.41) is 0. The van der Waals surface area contributed by atoms with Crippen LogP contribution in [0.2, 0.25) is 0 Å². The van der Waals surface area contributed by atoms with Crippen LogP contribution >= 0.6 is 0 Å². The number of nitrogens with zero attached hydrogens (tertiary/aromatic N) is 1. The highest BCUT2D eigenvalue weighted by Crippen LogP contribution is 2.33. The number of sulfonamides is 1. The number of hydrogen-bond donors (Lipinski definition) is 0. The van der Waals surface area contributed by atoms with E-state index in [1.54, 1.807) is 18.2 Å². The second-order valence-electron chi connectivity index (χ2n) is 5.73. The molecule has 6 nitrogen and oxygen atoms in total. The molecule has 0 aromatic heterocycles. The number of rotatable bonds is 2. The smallest absolute Gasteiger partial charge is 0.243 e. The lowest BCUT2D eigenvalue weighted by atomic mass is 10.2. The Kier molecular flexibility index (Phi) is 4.29. The van der Waals surface area contributed by atoms with Crippen LogP contribution in [0.4, 0.5) is 0 Å². The van der Waals surface area contributed by atoms with Crippen LogP contribution in [-0.4, -0.2) is 51.2 Å². The third kappa shape index (κ3) is 2.93. The summed E-state index contributed by atoms with van der Waals surface area (Å²) in [6.45, 7) is 5.61. The SMILES string of the molecule is C[C@@H]1CN(S(=O)(=O)c2ccc3c(c2)OCCCO3)[C@H](C)CO1. The fourth-order valence-electron chi connectivity index (χ4n) is 2.65. The third-order valence-electron chi connectivity index (χ3n) is 3.88. The number of morpholine rings is 1. The molecule has 7 heteroatoms. The van der Waals surface area contributed by atoms with Gasteiger partial charge >= 0.3 is 0 Å². The van der Waals surface area contributed by atoms with Crippen molar-refractivity contribution < 1.29 is 22.6 Å². The molecule has 2 aliphatic rings. The summed E-state index contributed by atoms with van der Waals surface area (Å²) >= 11 is 0. The maximum Gasteiger partial charge on any atom is 0.243 e. The van der Waals surface area contributed by atoms with Crippen molar-refractivity contribution in [1.29, 1.82) is 0 Å². The van der Waals surface area contributed by atoms with E-state index in [9.17, 15) is 8.42 Å². The minimum Gasteiger partial charge on any atom is -0.490 e. The molecule has 0 unspecified atom stereocenters. The van der Waals surface area contributed by atoms with Gasteiger partial charge in [-0.15, -0.1) is 0 Å². The molecule has 2 heterocycles. The van der Waals surface area contributed by atoms with E-state index in [4.69, 9.17) is 14.2 Å². The Morgan fingerprint density at radius 3 is 2.64 bits per heavy atom. The summed E-state index contributed by atoms with van der Waals surface area (Å²) in [7, 11) is -3.57. The number of ether oxygens (including phenoxy) is 3. The van der Waals surface area contributed by atoms with Crippen molar-refractivity contribution in [3.63, 3.8) is 0 Å². The largest absolute Gasteiger partial charge is 0.490 e. The number of hydrogen-bond acceptors (Lipinski definition) is 5. The van der Waals surface area contributed by atoms with Crippen LogP contribution in [-0.2, 0) is 14.8 Å². The summed E-state index contributed by atoms with van der Waals surface area (Å²) in [6, 6.07) is 4.62. The number of benzene rings is 1. The van der Waals surface area contributed by atoms with Crippen molar-refractivity contribution in [3.05, 3.63) is 18.2 Å². The molecule has 122 valence electrons. The van der Waals surface area contributed by atoms with Crippen LogP contribution < -0.4 is 9.47 Å². The Hall–Kier alpha value is -1.31. The van der Waals surface area contributed by atoms with Gasteiger partial charge in [-0.1, -0.05) is 0 Å². The monoisotopic (exact) mass is 327 g/mol. The topological polar surface area (TPSA) is 65.1 Å². The van der Waals surface area contributed by atoms with E-state index in [0.29, 0.717) is 37.9 Å². The second-order valence-corrected chi connectivity index (χ2v) is 7.62. The predicted molar refractivity (Wildman–Crippen MR) is 80.8 cm³/mol. The van der Waals surface area contributed by atoms with Crippen molar-refractivity contribution in [2.75, 3.05) is 26.4 Å². The van der Waals surface area contributed by atoms with Crippen molar-refractivity contribution in [2.45, 2.75) is 37.3 Å². The van der Waals surface area contributed by atoms with Crippen LogP contribution in [0, 0.1) is 0 Å². The average molecular weight is 327 g/mol. The summed E-state index contributed by atoms with van der Waals surface area (Å²) < 4.78 is 43.9. The van der Waals surface area contributed by atoms with E-state index in [2.05, 4.69) is 0 Å². The quantitative estimate of drug-likeness (QED) is 0.826. The van der Waals surface area contributed by atoms with Crippen molar-refractivity contribution in [1.82, 2.24) is 4.31 Å². The summed E-state index contributed by atoms with van der Waals surface area (Å²) in [6.07, 6.45) is 0.681. The van der Waals surface area contributed by atoms with Crippen LogP contribution in [0.15, 0.2) is 23.1 Å². The highest BCUT2D eigenvalue weighted by molar-refractivity contribution is 7.89. The Bertz CT molecular complexity index is 645. The van der Waals surface area contributed by atoms with Gasteiger partial charge in [0.05, 0.1) is 30.8 Å². The molecule has 1 aromatic rings. The molecule has 1 fully saturated rings. The second kappa shape index (κ2) is 6.06. The lowest BCUT2D eigenvalue weighted by Crippen LogP contribution is -2.50. The Balaban J connectivity index is 1.93. The highest BCUT2D eigenvalue weighted by Gasteiger charge is 2.34. The van der Waals surface area contributed by atoms with E-state index in [1.807, 2.05) is 13.8 Å². The van der Waals surface area contributed by atoms with Crippen LogP contribution in [0.3, 0.4) is 0 Å². The minimum absolute atomic E-state index is 0.105. The molecule has 0 bridgehead atoms. The molecule has 0 aliphatic carbocycles. The Morgan fingerprint density at radius 2 is 1.86 bits per heavy atom. The van der Waals surface area contributed by atoms with Crippen molar-refractivity contribution in [2.24, 2.45) is 0 Å². The van der Waals surface area contributed by atoms with Gasteiger partial charge in [0.1, 0.15) is 0 Å². The first-order chi connectivity index (χ1) is 10.5. The fraction of sp³-hybridized carbons (Fsp3) is 0.600. The van der Waals surface area contributed by atoms with Crippen molar-refractivity contribution >= 4 is 10.0 Å². The molecular weight excluding hydrogens is 306 g/mol. The third-order valence-corrected chi connectivity index (χ3v) is 5.85. The lowest BCUT2D eigenvalue weighted by Gasteiger charge is -2.35. The normalized spacial score (nSPS) is 26.5. The summed E-state index contributed by atoms with van der Waals surface area (Å²) in [5.41, 5.74) is 0. The van der Waals surface area contributed by atoms with Crippen LogP contribution in [0.25, 0.3) is 0 Å². The van der Waals surface area contributed by atoms with Gasteiger partial charge in [0.2, 0.25) is 10.0 Å². The number of fused-ring (bicyclic) bond motifs is 1. The summed E-state index contributed by atoms with van der Waals surface area (Å²) in [4.78, 5) is 0.234. The first-order valence-corrected chi connectivity index (χ1v) is 8.95. The Labute approximate surface area is 131 Å². The molecule has 22 heavy (non-hydrogen) atoms. The standard InChI is InChI=1S/C15H21NO5S/c1-11-10-21-12(2)9-16(11)22(17,18)13-4-5-14-15(8-13)20-7-3-6-19-14/h4-5,8,11-12H,3,6-7,9-10H2,1-2H3/t11-,12-/m1/s1. The van der Waals surface area contributed by atoms with Crippen LogP contribution in [0.5, 0.6) is 11.5 Å². The van der Waals surface area contributed by atoms with E-state index in [0.717, 1.165) is 6.42 Å². The fourth-order valence-corrected chi connectivity index (χ4v) is 4.35. The zero-order chi connectivity index (χ0) is 15.7. The predicted octanol–water partition coefficient (Wildman–Crippen LogP) is 1.65. The van der Waals surface area contributed by atoms with E-state index in [1.165, 1.54) is 4.31 Å². The first kappa shape index (κ1) is 15.6. The van der Waals surface area contributed by atoms with E-state index < -0.39 is 10.0 Å². The van der Waals surface area contributed by atoms with Gasteiger partial charge in [-0.3, -0.25) is 0 Å². The van der Waals surface area contributed by atoms with E-state index >= 15 is 0 Å². The van der Waals surface area contributed by atoms with Gasteiger partial charge in [-0.25, -0.2) is 8.42 Å². The molecule has 2 aliphatic heterocycles. The molecule has 0 amide bonds. The van der Waals surface area contributed by atoms with Gasteiger partial charge in [-0.05, 0) is 26.0 Å². The van der Waals surface area contributed by atoms with Gasteiger partial charge in [0, 0.05) is 25.1 Å². The molecule has 0 radical (unpaired) electrons.